The number of benzene rings is 2. The van der Waals surface area contributed by atoms with E-state index in [0.717, 1.165) is 16.7 Å². The van der Waals surface area contributed by atoms with E-state index < -0.39 is 5.91 Å². The van der Waals surface area contributed by atoms with Crippen LogP contribution in [0.1, 0.15) is 22.3 Å². The van der Waals surface area contributed by atoms with Crippen LogP contribution in [0.2, 0.25) is 5.02 Å². The second-order valence-electron chi connectivity index (χ2n) is 5.85. The molecule has 0 aliphatic heterocycles. The number of methoxy groups -OCH3 is 1. The first-order valence-electron chi connectivity index (χ1n) is 7.83. The number of ether oxygens (including phenoxy) is 2. The average Bonchev–Trinajstić information content (AvgIpc) is 2.57. The number of rotatable bonds is 6. The Balaban J connectivity index is 2.32. The molecule has 2 rings (SSSR count). The third kappa shape index (κ3) is 4.78. The molecule has 6 heteroatoms. The Morgan fingerprint density at radius 1 is 1.23 bits per heavy atom. The van der Waals surface area contributed by atoms with Crippen LogP contribution >= 0.6 is 11.6 Å². The van der Waals surface area contributed by atoms with Gasteiger partial charge in [0, 0.05) is 0 Å². The maximum absolute atomic E-state index is 11.2. The van der Waals surface area contributed by atoms with Crippen LogP contribution in [0.5, 0.6) is 11.5 Å². The molecule has 0 radical (unpaired) electrons. The van der Waals surface area contributed by atoms with Crippen LogP contribution in [-0.4, -0.2) is 13.0 Å². The first-order valence-corrected chi connectivity index (χ1v) is 8.21. The van der Waals surface area contributed by atoms with E-state index in [1.54, 1.807) is 18.2 Å². The van der Waals surface area contributed by atoms with E-state index in [-0.39, 0.29) is 5.57 Å². The minimum absolute atomic E-state index is 0.174. The summed E-state index contributed by atoms with van der Waals surface area (Å²) in [7, 11) is 1.49. The fraction of sp³-hybridized carbons (Fsp3) is 0.200. The van der Waals surface area contributed by atoms with Gasteiger partial charge in [0.1, 0.15) is 18.2 Å². The fourth-order valence-corrected chi connectivity index (χ4v) is 2.87. The molecule has 0 fully saturated rings. The summed E-state index contributed by atoms with van der Waals surface area (Å²) in [6.45, 7) is 4.38. The molecule has 0 bridgehead atoms. The smallest absolute Gasteiger partial charge is 0.259 e. The Labute approximate surface area is 157 Å². The molecule has 0 aromatic heterocycles. The quantitative estimate of drug-likeness (QED) is 0.616. The minimum atomic E-state index is -0.808. The summed E-state index contributed by atoms with van der Waals surface area (Å²) >= 11 is 6.31. The van der Waals surface area contributed by atoms with Crippen molar-refractivity contribution in [3.8, 4) is 17.6 Å². The van der Waals surface area contributed by atoms with Crippen LogP contribution in [0.4, 0.5) is 0 Å². The summed E-state index contributed by atoms with van der Waals surface area (Å²) in [5.74, 6) is -0.0179. The number of hydrogen-bond acceptors (Lipinski definition) is 4. The van der Waals surface area contributed by atoms with Crippen LogP contribution < -0.4 is 15.2 Å². The van der Waals surface area contributed by atoms with E-state index in [2.05, 4.69) is 6.07 Å². The van der Waals surface area contributed by atoms with Crippen LogP contribution in [-0.2, 0) is 11.4 Å². The summed E-state index contributed by atoms with van der Waals surface area (Å²) in [5.41, 5.74) is 8.81. The van der Waals surface area contributed by atoms with Crippen molar-refractivity contribution < 1.29 is 14.3 Å². The molecular formula is C20H19ClN2O3. The number of halogens is 1. The van der Waals surface area contributed by atoms with Crippen LogP contribution in [0.15, 0.2) is 35.9 Å². The molecule has 2 aromatic carbocycles. The van der Waals surface area contributed by atoms with Crippen molar-refractivity contribution in [2.24, 2.45) is 5.73 Å². The third-order valence-electron chi connectivity index (χ3n) is 3.61. The zero-order valence-electron chi connectivity index (χ0n) is 14.8. The number of carbonyl (C=O) groups is 1. The highest BCUT2D eigenvalue weighted by molar-refractivity contribution is 6.32. The molecule has 0 aliphatic carbocycles. The van der Waals surface area contributed by atoms with E-state index >= 15 is 0 Å². The summed E-state index contributed by atoms with van der Waals surface area (Å²) < 4.78 is 11.2. The van der Waals surface area contributed by atoms with Gasteiger partial charge < -0.3 is 15.2 Å². The van der Waals surface area contributed by atoms with Crippen molar-refractivity contribution in [2.75, 3.05) is 7.11 Å². The molecule has 0 heterocycles. The number of carbonyl (C=O) groups excluding carboxylic acids is 1. The normalized spacial score (nSPS) is 11.0. The van der Waals surface area contributed by atoms with E-state index in [1.807, 2.05) is 26.0 Å². The van der Waals surface area contributed by atoms with Gasteiger partial charge in [-0.1, -0.05) is 40.9 Å². The SMILES string of the molecule is COc1cc(/C=C(\C#N)C(N)=O)cc(Cl)c1OCc1cc(C)cc(C)c1. The zero-order chi connectivity index (χ0) is 19.3. The third-order valence-corrected chi connectivity index (χ3v) is 3.89. The van der Waals surface area contributed by atoms with Crippen LogP contribution in [0.25, 0.3) is 6.08 Å². The minimum Gasteiger partial charge on any atom is -0.493 e. The van der Waals surface area contributed by atoms with E-state index in [4.69, 9.17) is 32.1 Å². The van der Waals surface area contributed by atoms with Crippen molar-refractivity contribution in [3.05, 3.63) is 63.2 Å². The summed E-state index contributed by atoms with van der Waals surface area (Å²) in [6, 6.07) is 11.1. The molecule has 1 amide bonds. The summed E-state index contributed by atoms with van der Waals surface area (Å²) in [6.07, 6.45) is 1.35. The Morgan fingerprint density at radius 3 is 2.42 bits per heavy atom. The fourth-order valence-electron chi connectivity index (χ4n) is 2.60. The molecule has 0 atom stereocenters. The average molecular weight is 371 g/mol. The van der Waals surface area contributed by atoms with Gasteiger partial charge in [-0.05, 0) is 43.2 Å². The predicted octanol–water partition coefficient (Wildman–Crippen LogP) is 3.94. The maximum atomic E-state index is 11.2. The van der Waals surface area contributed by atoms with Gasteiger partial charge in [-0.15, -0.1) is 0 Å². The van der Waals surface area contributed by atoms with Gasteiger partial charge >= 0.3 is 0 Å². The number of hydrogen-bond donors (Lipinski definition) is 1. The van der Waals surface area contributed by atoms with Crippen molar-refractivity contribution in [2.45, 2.75) is 20.5 Å². The Bertz CT molecular complexity index is 894. The topological polar surface area (TPSA) is 85.3 Å². The van der Waals surface area contributed by atoms with Gasteiger partial charge in [-0.3, -0.25) is 4.79 Å². The number of nitrogens with two attached hydrogens (primary N) is 1. The lowest BCUT2D eigenvalue weighted by Crippen LogP contribution is -2.12. The molecule has 26 heavy (non-hydrogen) atoms. The van der Waals surface area contributed by atoms with Gasteiger partial charge in [0.15, 0.2) is 11.5 Å². The molecule has 0 saturated carbocycles. The van der Waals surface area contributed by atoms with Crippen LogP contribution in [0.3, 0.4) is 0 Å². The van der Waals surface area contributed by atoms with E-state index in [9.17, 15) is 4.79 Å². The second-order valence-corrected chi connectivity index (χ2v) is 6.26. The first kappa shape index (κ1) is 19.4. The number of nitrogens with zero attached hydrogens (tertiary/aromatic N) is 1. The number of nitriles is 1. The highest BCUT2D eigenvalue weighted by atomic mass is 35.5. The molecule has 2 aromatic rings. The van der Waals surface area contributed by atoms with Gasteiger partial charge in [-0.2, -0.15) is 5.26 Å². The van der Waals surface area contributed by atoms with Crippen LogP contribution in [0, 0.1) is 25.2 Å². The Morgan fingerprint density at radius 2 is 1.88 bits per heavy atom. The van der Waals surface area contributed by atoms with Crippen molar-refractivity contribution in [1.82, 2.24) is 0 Å². The highest BCUT2D eigenvalue weighted by Crippen LogP contribution is 2.37. The first-order chi connectivity index (χ1) is 12.3. The number of primary amides is 1. The molecule has 5 nitrogen and oxygen atoms in total. The maximum Gasteiger partial charge on any atom is 0.259 e. The summed E-state index contributed by atoms with van der Waals surface area (Å²) in [4.78, 5) is 11.2. The number of aryl methyl sites for hydroxylation is 2. The van der Waals surface area contributed by atoms with Gasteiger partial charge in [0.25, 0.3) is 5.91 Å². The zero-order valence-corrected chi connectivity index (χ0v) is 15.6. The molecular weight excluding hydrogens is 352 g/mol. The van der Waals surface area contributed by atoms with Crippen molar-refractivity contribution >= 4 is 23.6 Å². The monoisotopic (exact) mass is 370 g/mol. The Hall–Kier alpha value is -2.97. The van der Waals surface area contributed by atoms with E-state index in [1.165, 1.54) is 13.2 Å². The lowest BCUT2D eigenvalue weighted by atomic mass is 10.1. The molecule has 2 N–H and O–H groups in total. The predicted molar refractivity (Wildman–Crippen MR) is 101 cm³/mol. The van der Waals surface area contributed by atoms with E-state index in [0.29, 0.717) is 28.7 Å². The molecule has 0 aliphatic rings. The van der Waals surface area contributed by atoms with Gasteiger partial charge in [0.05, 0.1) is 12.1 Å². The molecule has 0 spiro atoms. The number of amides is 1. The molecule has 0 saturated heterocycles. The van der Waals surface area contributed by atoms with Crippen molar-refractivity contribution in [3.63, 3.8) is 0 Å². The second kappa shape index (κ2) is 8.41. The summed E-state index contributed by atoms with van der Waals surface area (Å²) in [5, 5.41) is 9.26. The molecule has 134 valence electrons. The molecule has 0 unspecified atom stereocenters. The lowest BCUT2D eigenvalue weighted by molar-refractivity contribution is -0.114. The Kier molecular flexibility index (Phi) is 6.26. The lowest BCUT2D eigenvalue weighted by Gasteiger charge is -2.14. The van der Waals surface area contributed by atoms with Gasteiger partial charge in [0.2, 0.25) is 0 Å². The standard InChI is InChI=1S/C20H19ClN2O3/c1-12-4-13(2)6-15(5-12)11-26-19-17(21)8-14(9-18(19)25-3)7-16(10-22)20(23)24/h4-9H,11H2,1-3H3,(H2,23,24)/b16-7+. The highest BCUT2D eigenvalue weighted by Gasteiger charge is 2.13. The van der Waals surface area contributed by atoms with Crippen molar-refractivity contribution in [1.29, 1.82) is 5.26 Å². The van der Waals surface area contributed by atoms with Gasteiger partial charge in [-0.25, -0.2) is 0 Å². The largest absolute Gasteiger partial charge is 0.493 e.